The van der Waals surface area contributed by atoms with Gasteiger partial charge in [0.25, 0.3) is 0 Å². The summed E-state index contributed by atoms with van der Waals surface area (Å²) >= 11 is 4.12. The summed E-state index contributed by atoms with van der Waals surface area (Å²) in [5.41, 5.74) is 3.96. The average molecular weight is 224 g/mol. The molecule has 1 aromatic carbocycles. The molecule has 1 nitrogen and oxygen atoms in total. The molecule has 1 unspecified atom stereocenters. The van der Waals surface area contributed by atoms with Crippen LogP contribution in [0.1, 0.15) is 29.5 Å². The van der Waals surface area contributed by atoms with Gasteiger partial charge >= 0.3 is 0 Å². The van der Waals surface area contributed by atoms with Crippen molar-refractivity contribution < 1.29 is 5.11 Å². The van der Waals surface area contributed by atoms with Gasteiger partial charge in [-0.1, -0.05) is 23.8 Å². The molecule has 15 heavy (non-hydrogen) atoms. The Balaban J connectivity index is 2.53. The number of hydrogen-bond donors (Lipinski definition) is 2. The van der Waals surface area contributed by atoms with E-state index in [0.717, 1.165) is 25.0 Å². The Hall–Kier alpha value is -0.470. The minimum absolute atomic E-state index is 0.206. The summed E-state index contributed by atoms with van der Waals surface area (Å²) in [6, 6.07) is 6.49. The molecular weight excluding hydrogens is 204 g/mol. The molecule has 0 radical (unpaired) electrons. The summed E-state index contributed by atoms with van der Waals surface area (Å²) in [5.74, 6) is 0.758. The van der Waals surface area contributed by atoms with Crippen LogP contribution in [0.5, 0.6) is 0 Å². The molecule has 0 saturated heterocycles. The Bertz CT molecular complexity index is 309. The molecule has 1 aromatic rings. The van der Waals surface area contributed by atoms with Crippen LogP contribution >= 0.6 is 12.6 Å². The Morgan fingerprint density at radius 1 is 1.27 bits per heavy atom. The van der Waals surface area contributed by atoms with Gasteiger partial charge in [0.15, 0.2) is 0 Å². The van der Waals surface area contributed by atoms with E-state index in [9.17, 15) is 5.11 Å². The van der Waals surface area contributed by atoms with Gasteiger partial charge in [0.2, 0.25) is 0 Å². The summed E-state index contributed by atoms with van der Waals surface area (Å²) < 4.78 is 0. The first-order chi connectivity index (χ1) is 7.13. The molecule has 0 fully saturated rings. The summed E-state index contributed by atoms with van der Waals surface area (Å²) in [6.45, 7) is 4.23. The Morgan fingerprint density at radius 2 is 2.00 bits per heavy atom. The van der Waals surface area contributed by atoms with Gasteiger partial charge in [0, 0.05) is 0 Å². The van der Waals surface area contributed by atoms with E-state index in [-0.39, 0.29) is 6.10 Å². The molecule has 1 rings (SSSR count). The Labute approximate surface area is 97.9 Å². The summed E-state index contributed by atoms with van der Waals surface area (Å²) in [7, 11) is 0. The SMILES string of the molecule is Cc1ccc(C)c(CCC(O)CCS)c1. The van der Waals surface area contributed by atoms with Gasteiger partial charge in [-0.15, -0.1) is 0 Å². The van der Waals surface area contributed by atoms with Crippen LogP contribution in [0.4, 0.5) is 0 Å². The number of aliphatic hydroxyl groups excluding tert-OH is 1. The first-order valence-corrected chi connectivity index (χ1v) is 6.11. The van der Waals surface area contributed by atoms with Crippen molar-refractivity contribution in [2.45, 2.75) is 39.2 Å². The van der Waals surface area contributed by atoms with Crippen LogP contribution in [-0.2, 0) is 6.42 Å². The lowest BCUT2D eigenvalue weighted by atomic mass is 9.99. The zero-order valence-corrected chi connectivity index (χ0v) is 10.4. The third kappa shape index (κ3) is 4.27. The second-order valence-corrected chi connectivity index (χ2v) is 4.58. The molecule has 0 aliphatic rings. The molecule has 1 atom stereocenters. The van der Waals surface area contributed by atoms with Crippen molar-refractivity contribution in [1.29, 1.82) is 0 Å². The second kappa shape index (κ2) is 6.19. The zero-order chi connectivity index (χ0) is 11.3. The van der Waals surface area contributed by atoms with Crippen molar-refractivity contribution in [3.63, 3.8) is 0 Å². The lowest BCUT2D eigenvalue weighted by Crippen LogP contribution is -2.09. The van der Waals surface area contributed by atoms with E-state index < -0.39 is 0 Å². The fraction of sp³-hybridized carbons (Fsp3) is 0.538. The fourth-order valence-electron chi connectivity index (χ4n) is 1.69. The maximum absolute atomic E-state index is 9.62. The topological polar surface area (TPSA) is 20.2 Å². The van der Waals surface area contributed by atoms with Gasteiger partial charge in [0.05, 0.1) is 6.10 Å². The summed E-state index contributed by atoms with van der Waals surface area (Å²) in [4.78, 5) is 0. The number of hydrogen-bond acceptors (Lipinski definition) is 2. The van der Waals surface area contributed by atoms with E-state index in [2.05, 4.69) is 44.7 Å². The molecule has 0 amide bonds. The van der Waals surface area contributed by atoms with Gasteiger partial charge in [-0.3, -0.25) is 0 Å². The van der Waals surface area contributed by atoms with Crippen LogP contribution in [-0.4, -0.2) is 17.0 Å². The van der Waals surface area contributed by atoms with Gasteiger partial charge in [0.1, 0.15) is 0 Å². The van der Waals surface area contributed by atoms with Crippen LogP contribution in [0.3, 0.4) is 0 Å². The van der Waals surface area contributed by atoms with E-state index >= 15 is 0 Å². The largest absolute Gasteiger partial charge is 0.393 e. The third-order valence-corrected chi connectivity index (χ3v) is 2.97. The normalized spacial score (nSPS) is 12.8. The van der Waals surface area contributed by atoms with Crippen molar-refractivity contribution in [2.75, 3.05) is 5.75 Å². The van der Waals surface area contributed by atoms with Crippen LogP contribution in [0, 0.1) is 13.8 Å². The molecule has 0 spiro atoms. The molecule has 0 heterocycles. The summed E-state index contributed by atoms with van der Waals surface area (Å²) in [6.07, 6.45) is 2.38. The molecular formula is C13H20OS. The van der Waals surface area contributed by atoms with Gasteiger partial charge < -0.3 is 5.11 Å². The Morgan fingerprint density at radius 3 is 2.67 bits per heavy atom. The monoisotopic (exact) mass is 224 g/mol. The highest BCUT2D eigenvalue weighted by molar-refractivity contribution is 7.80. The molecule has 1 N–H and O–H groups in total. The first kappa shape index (κ1) is 12.6. The van der Waals surface area contributed by atoms with E-state index in [1.54, 1.807) is 0 Å². The van der Waals surface area contributed by atoms with Crippen LogP contribution in [0.2, 0.25) is 0 Å². The van der Waals surface area contributed by atoms with Gasteiger partial charge in [-0.05, 0) is 50.0 Å². The quantitative estimate of drug-likeness (QED) is 0.737. The minimum Gasteiger partial charge on any atom is -0.393 e. The lowest BCUT2D eigenvalue weighted by molar-refractivity contribution is 0.162. The molecule has 0 aliphatic heterocycles. The van der Waals surface area contributed by atoms with Crippen molar-refractivity contribution >= 4 is 12.6 Å². The molecule has 0 aromatic heterocycles. The molecule has 0 bridgehead atoms. The lowest BCUT2D eigenvalue weighted by Gasteiger charge is -2.11. The summed E-state index contributed by atoms with van der Waals surface area (Å²) in [5, 5.41) is 9.62. The third-order valence-electron chi connectivity index (χ3n) is 2.71. The van der Waals surface area contributed by atoms with E-state index in [4.69, 9.17) is 0 Å². The number of aliphatic hydroxyl groups is 1. The number of aryl methyl sites for hydroxylation is 3. The highest BCUT2D eigenvalue weighted by atomic mass is 32.1. The number of rotatable bonds is 5. The van der Waals surface area contributed by atoms with Crippen molar-refractivity contribution in [3.8, 4) is 0 Å². The molecule has 0 saturated carbocycles. The van der Waals surface area contributed by atoms with Crippen molar-refractivity contribution in [3.05, 3.63) is 34.9 Å². The smallest absolute Gasteiger partial charge is 0.0551 e. The van der Waals surface area contributed by atoms with Crippen molar-refractivity contribution in [2.24, 2.45) is 0 Å². The minimum atomic E-state index is -0.206. The van der Waals surface area contributed by atoms with Gasteiger partial charge in [-0.2, -0.15) is 12.6 Å². The molecule has 2 heteroatoms. The van der Waals surface area contributed by atoms with E-state index in [1.165, 1.54) is 16.7 Å². The first-order valence-electron chi connectivity index (χ1n) is 5.48. The highest BCUT2D eigenvalue weighted by Gasteiger charge is 2.05. The number of benzene rings is 1. The highest BCUT2D eigenvalue weighted by Crippen LogP contribution is 2.14. The predicted molar refractivity (Wildman–Crippen MR) is 68.7 cm³/mol. The van der Waals surface area contributed by atoms with Crippen LogP contribution in [0.15, 0.2) is 18.2 Å². The maximum atomic E-state index is 9.62. The molecule has 0 aliphatic carbocycles. The van der Waals surface area contributed by atoms with Crippen LogP contribution in [0.25, 0.3) is 0 Å². The van der Waals surface area contributed by atoms with E-state index in [0.29, 0.717) is 0 Å². The average Bonchev–Trinajstić information content (AvgIpc) is 2.20. The van der Waals surface area contributed by atoms with Crippen molar-refractivity contribution in [1.82, 2.24) is 0 Å². The maximum Gasteiger partial charge on any atom is 0.0551 e. The fourth-order valence-corrected chi connectivity index (χ4v) is 1.98. The zero-order valence-electron chi connectivity index (χ0n) is 9.53. The predicted octanol–water partition coefficient (Wildman–Crippen LogP) is 2.92. The number of thiol groups is 1. The van der Waals surface area contributed by atoms with Gasteiger partial charge in [-0.25, -0.2) is 0 Å². The Kier molecular flexibility index (Phi) is 5.20. The standard InChI is InChI=1S/C13H20OS/c1-10-3-4-11(2)12(9-10)5-6-13(14)7-8-15/h3-4,9,13-15H,5-8H2,1-2H3. The van der Waals surface area contributed by atoms with E-state index in [1.807, 2.05) is 0 Å². The molecule has 84 valence electrons. The second-order valence-electron chi connectivity index (χ2n) is 4.13. The van der Waals surface area contributed by atoms with Crippen LogP contribution < -0.4 is 0 Å².